The molecule has 0 saturated carbocycles. The molecule has 0 aliphatic heterocycles. The first-order valence-corrected chi connectivity index (χ1v) is 8.58. The number of fused-ring (bicyclic) bond motifs is 1. The van der Waals surface area contributed by atoms with Gasteiger partial charge in [-0.1, -0.05) is 0 Å². The van der Waals surface area contributed by atoms with Gasteiger partial charge in [0.1, 0.15) is 0 Å². The molecule has 0 unspecified atom stereocenters. The molecule has 1 aromatic rings. The van der Waals surface area contributed by atoms with Crippen LogP contribution < -0.4 is 0 Å². The minimum Gasteiger partial charge on any atom is -0.367 e. The molecule has 0 aromatic carbocycles. The lowest BCUT2D eigenvalue weighted by Crippen LogP contribution is -2.35. The van der Waals surface area contributed by atoms with Crippen molar-refractivity contribution in [1.29, 1.82) is 0 Å². The highest BCUT2D eigenvalue weighted by atomic mass is 31.2. The smallest absolute Gasteiger partial charge is 0.367 e. The SMILES string of the molecule is O=P(O)(O)C(O)([C@@H]1CCc2ccncc21)P(=O)(O)O. The van der Waals surface area contributed by atoms with Crippen LogP contribution in [0.15, 0.2) is 18.5 Å². The van der Waals surface area contributed by atoms with Crippen LogP contribution in [0, 0.1) is 0 Å². The predicted octanol–water partition coefficient (Wildman–Crippen LogP) is 0.113. The first-order chi connectivity index (χ1) is 8.59. The Morgan fingerprint density at radius 3 is 2.32 bits per heavy atom. The Balaban J connectivity index is 2.62. The van der Waals surface area contributed by atoms with E-state index in [4.69, 9.17) is 0 Å². The minimum atomic E-state index is -5.45. The number of rotatable bonds is 3. The van der Waals surface area contributed by atoms with Crippen LogP contribution in [-0.2, 0) is 15.6 Å². The lowest BCUT2D eigenvalue weighted by atomic mass is 10.0. The number of aliphatic hydroxyl groups is 1. The van der Waals surface area contributed by atoms with E-state index in [-0.39, 0.29) is 12.0 Å². The number of pyridine rings is 1. The Morgan fingerprint density at radius 1 is 1.21 bits per heavy atom. The van der Waals surface area contributed by atoms with Gasteiger partial charge in [-0.2, -0.15) is 0 Å². The molecule has 0 amide bonds. The van der Waals surface area contributed by atoms with Gasteiger partial charge in [-0.3, -0.25) is 14.1 Å². The van der Waals surface area contributed by atoms with Crippen LogP contribution >= 0.6 is 15.2 Å². The topological polar surface area (TPSA) is 148 Å². The molecule has 1 heterocycles. The predicted molar refractivity (Wildman–Crippen MR) is 64.3 cm³/mol. The molecule has 106 valence electrons. The zero-order chi connectivity index (χ0) is 14.5. The van der Waals surface area contributed by atoms with E-state index in [9.17, 15) is 33.8 Å². The van der Waals surface area contributed by atoms with Crippen LogP contribution in [0.5, 0.6) is 0 Å². The van der Waals surface area contributed by atoms with Crippen LogP contribution in [0.4, 0.5) is 0 Å². The van der Waals surface area contributed by atoms with Gasteiger partial charge in [0.25, 0.3) is 5.08 Å². The molecular formula is C9H13NO7P2. The average molecular weight is 309 g/mol. The van der Waals surface area contributed by atoms with E-state index in [1.54, 1.807) is 6.07 Å². The number of aryl methyl sites for hydroxylation is 1. The molecule has 8 nitrogen and oxygen atoms in total. The summed E-state index contributed by atoms with van der Waals surface area (Å²) in [6.07, 6.45) is 3.14. The number of aromatic nitrogens is 1. The second-order valence-electron chi connectivity index (χ2n) is 4.44. The van der Waals surface area contributed by atoms with E-state index in [1.165, 1.54) is 12.4 Å². The first kappa shape index (κ1) is 14.8. The quantitative estimate of drug-likeness (QED) is 0.494. The second-order valence-corrected chi connectivity index (χ2v) is 8.33. The second kappa shape index (κ2) is 4.46. The van der Waals surface area contributed by atoms with E-state index in [2.05, 4.69) is 4.98 Å². The van der Waals surface area contributed by atoms with Crippen molar-refractivity contribution in [2.45, 2.75) is 23.8 Å². The van der Waals surface area contributed by atoms with Crippen molar-refractivity contribution in [2.75, 3.05) is 0 Å². The van der Waals surface area contributed by atoms with Crippen LogP contribution in [0.1, 0.15) is 23.5 Å². The van der Waals surface area contributed by atoms with Gasteiger partial charge in [0.05, 0.1) is 0 Å². The summed E-state index contributed by atoms with van der Waals surface area (Å²) >= 11 is 0. The Hall–Kier alpha value is -0.590. The molecule has 1 aliphatic carbocycles. The van der Waals surface area contributed by atoms with Crippen molar-refractivity contribution < 1.29 is 33.8 Å². The summed E-state index contributed by atoms with van der Waals surface area (Å²) in [5.41, 5.74) is 0.928. The van der Waals surface area contributed by atoms with E-state index < -0.39 is 26.2 Å². The molecule has 0 bridgehead atoms. The number of nitrogens with zero attached hydrogens (tertiary/aromatic N) is 1. The van der Waals surface area contributed by atoms with Crippen molar-refractivity contribution in [3.05, 3.63) is 29.6 Å². The van der Waals surface area contributed by atoms with Crippen molar-refractivity contribution in [3.8, 4) is 0 Å². The number of hydrogen-bond acceptors (Lipinski definition) is 4. The zero-order valence-corrected chi connectivity index (χ0v) is 11.4. The van der Waals surface area contributed by atoms with Gasteiger partial charge in [0, 0.05) is 18.3 Å². The third-order valence-corrected chi connectivity index (χ3v) is 7.25. The van der Waals surface area contributed by atoms with Crippen molar-refractivity contribution in [2.24, 2.45) is 0 Å². The minimum absolute atomic E-state index is 0.0355. The average Bonchev–Trinajstić information content (AvgIpc) is 2.68. The number of hydrogen-bond donors (Lipinski definition) is 5. The maximum absolute atomic E-state index is 11.4. The molecule has 1 aliphatic rings. The standard InChI is InChI=1S/C9H13NO7P2/c11-9(18(12,13)14,19(15,16)17)8-2-1-6-3-4-10-5-7(6)8/h3-5,8,11H,1-2H2,(H2,12,13,14)(H2,15,16,17)/t8-/m1/s1. The van der Waals surface area contributed by atoms with Crippen LogP contribution in [0.3, 0.4) is 0 Å². The highest BCUT2D eigenvalue weighted by Crippen LogP contribution is 2.73. The molecule has 0 saturated heterocycles. The normalized spacial score (nSPS) is 20.4. The summed E-state index contributed by atoms with van der Waals surface area (Å²) in [6, 6.07) is 1.59. The highest BCUT2D eigenvalue weighted by Gasteiger charge is 2.65. The summed E-state index contributed by atoms with van der Waals surface area (Å²) < 4.78 is 22.9. The molecule has 0 spiro atoms. The lowest BCUT2D eigenvalue weighted by Gasteiger charge is -2.34. The Kier molecular flexibility index (Phi) is 3.48. The van der Waals surface area contributed by atoms with Gasteiger partial charge in [-0.15, -0.1) is 0 Å². The van der Waals surface area contributed by atoms with E-state index in [0.717, 1.165) is 0 Å². The fraction of sp³-hybridized carbons (Fsp3) is 0.444. The van der Waals surface area contributed by atoms with E-state index >= 15 is 0 Å². The van der Waals surface area contributed by atoms with E-state index in [0.29, 0.717) is 12.0 Å². The fourth-order valence-corrected chi connectivity index (χ4v) is 5.12. The van der Waals surface area contributed by atoms with Crippen LogP contribution in [0.2, 0.25) is 0 Å². The highest BCUT2D eigenvalue weighted by molar-refractivity contribution is 7.72. The van der Waals surface area contributed by atoms with Gasteiger partial charge < -0.3 is 24.7 Å². The van der Waals surface area contributed by atoms with Crippen molar-refractivity contribution >= 4 is 15.2 Å². The molecule has 2 rings (SSSR count). The van der Waals surface area contributed by atoms with Crippen LogP contribution in [0.25, 0.3) is 0 Å². The monoisotopic (exact) mass is 309 g/mol. The molecule has 0 fully saturated rings. The molecule has 1 aromatic heterocycles. The molecule has 0 radical (unpaired) electrons. The van der Waals surface area contributed by atoms with Gasteiger partial charge >= 0.3 is 15.2 Å². The molecule has 19 heavy (non-hydrogen) atoms. The summed E-state index contributed by atoms with van der Waals surface area (Å²) in [7, 11) is -10.9. The third-order valence-electron chi connectivity index (χ3n) is 3.35. The van der Waals surface area contributed by atoms with Gasteiger partial charge in [0.15, 0.2) is 0 Å². The van der Waals surface area contributed by atoms with Crippen molar-refractivity contribution in [3.63, 3.8) is 0 Å². The van der Waals surface area contributed by atoms with Gasteiger partial charge in [-0.25, -0.2) is 0 Å². The van der Waals surface area contributed by atoms with Crippen LogP contribution in [-0.4, -0.2) is 34.7 Å². The molecule has 10 heteroatoms. The molecule has 5 N–H and O–H groups in total. The third kappa shape index (κ3) is 2.19. The summed E-state index contributed by atoms with van der Waals surface area (Å²) in [5, 5.41) is 6.67. The summed E-state index contributed by atoms with van der Waals surface area (Å²) in [6.45, 7) is 0. The Bertz CT molecular complexity index is 570. The van der Waals surface area contributed by atoms with Gasteiger partial charge in [-0.05, 0) is 30.0 Å². The van der Waals surface area contributed by atoms with Crippen molar-refractivity contribution in [1.82, 2.24) is 4.98 Å². The molecule has 1 atom stereocenters. The lowest BCUT2D eigenvalue weighted by molar-refractivity contribution is 0.106. The first-order valence-electron chi connectivity index (χ1n) is 5.35. The summed E-state index contributed by atoms with van der Waals surface area (Å²) in [4.78, 5) is 40.6. The largest absolute Gasteiger partial charge is 0.370 e. The summed E-state index contributed by atoms with van der Waals surface area (Å²) in [5.74, 6) is -1.35. The fourth-order valence-electron chi connectivity index (χ4n) is 2.41. The Morgan fingerprint density at radius 2 is 1.79 bits per heavy atom. The molecular weight excluding hydrogens is 296 g/mol. The maximum Gasteiger partial charge on any atom is 0.370 e. The zero-order valence-electron chi connectivity index (χ0n) is 9.62. The Labute approximate surface area is 108 Å². The maximum atomic E-state index is 11.4. The van der Waals surface area contributed by atoms with Gasteiger partial charge in [0.2, 0.25) is 0 Å². The van der Waals surface area contributed by atoms with E-state index in [1.807, 2.05) is 0 Å².